The van der Waals surface area contributed by atoms with Crippen molar-refractivity contribution < 1.29 is 14.0 Å². The van der Waals surface area contributed by atoms with Gasteiger partial charge in [-0.1, -0.05) is 57.8 Å². The maximum Gasteiger partial charge on any atom is 0.493 e. The summed E-state index contributed by atoms with van der Waals surface area (Å²) in [5.41, 5.74) is 3.81. The molecule has 0 bridgehead atoms. The summed E-state index contributed by atoms with van der Waals surface area (Å²) in [6.07, 6.45) is 1.80. The van der Waals surface area contributed by atoms with Crippen molar-refractivity contribution >= 4 is 31.8 Å². The number of rotatable bonds is 7. The second-order valence-electron chi connectivity index (χ2n) is 10.3. The quantitative estimate of drug-likeness (QED) is 0.410. The van der Waals surface area contributed by atoms with Crippen molar-refractivity contribution in [1.29, 1.82) is 0 Å². The molecule has 1 fully saturated rings. The van der Waals surface area contributed by atoms with Crippen LogP contribution >= 0.6 is 0 Å². The minimum absolute atomic E-state index is 0.0593. The monoisotopic (exact) mass is 437 g/mol. The van der Waals surface area contributed by atoms with E-state index in [0.717, 1.165) is 40.7 Å². The highest BCUT2D eigenvalue weighted by molar-refractivity contribution is 6.76. The van der Waals surface area contributed by atoms with E-state index >= 15 is 0 Å². The Morgan fingerprint density at radius 1 is 1.10 bits per heavy atom. The SMILES string of the molecule is CC1(C)COB(c2ccc(-c3nc4cccnc4n3COCC[Si](C)(C)C)cc2)OC1. The summed E-state index contributed by atoms with van der Waals surface area (Å²) in [6.45, 7) is 14.0. The van der Waals surface area contributed by atoms with Gasteiger partial charge in [-0.2, -0.15) is 0 Å². The Morgan fingerprint density at radius 2 is 1.81 bits per heavy atom. The smallest absolute Gasteiger partial charge is 0.407 e. The number of aromatic nitrogens is 3. The molecule has 0 saturated carbocycles. The Balaban J connectivity index is 1.54. The molecule has 6 nitrogen and oxygen atoms in total. The molecule has 1 aliphatic rings. The Labute approximate surface area is 186 Å². The number of pyridine rings is 1. The first-order valence-corrected chi connectivity index (χ1v) is 14.7. The largest absolute Gasteiger partial charge is 0.493 e. The highest BCUT2D eigenvalue weighted by Gasteiger charge is 2.33. The van der Waals surface area contributed by atoms with E-state index in [9.17, 15) is 0 Å². The van der Waals surface area contributed by atoms with E-state index in [1.807, 2.05) is 12.1 Å². The van der Waals surface area contributed by atoms with Crippen LogP contribution in [0.2, 0.25) is 25.7 Å². The first kappa shape index (κ1) is 22.2. The average molecular weight is 437 g/mol. The minimum Gasteiger partial charge on any atom is -0.407 e. The third kappa shape index (κ3) is 5.44. The van der Waals surface area contributed by atoms with Crippen LogP contribution in [0, 0.1) is 5.41 Å². The molecule has 0 amide bonds. The topological polar surface area (TPSA) is 58.4 Å². The molecule has 4 rings (SSSR count). The summed E-state index contributed by atoms with van der Waals surface area (Å²) in [4.78, 5) is 9.39. The summed E-state index contributed by atoms with van der Waals surface area (Å²) < 4.78 is 19.9. The second-order valence-corrected chi connectivity index (χ2v) is 15.9. The molecule has 3 heterocycles. The van der Waals surface area contributed by atoms with Crippen molar-refractivity contribution in [3.63, 3.8) is 0 Å². The van der Waals surface area contributed by atoms with Crippen molar-refractivity contribution in [3.8, 4) is 11.4 Å². The highest BCUT2D eigenvalue weighted by Crippen LogP contribution is 2.25. The fourth-order valence-corrected chi connectivity index (χ4v) is 4.27. The van der Waals surface area contributed by atoms with Gasteiger partial charge < -0.3 is 14.0 Å². The fourth-order valence-electron chi connectivity index (χ4n) is 3.51. The van der Waals surface area contributed by atoms with Crippen LogP contribution in [-0.4, -0.2) is 49.5 Å². The van der Waals surface area contributed by atoms with Gasteiger partial charge in [0.1, 0.15) is 18.1 Å². The van der Waals surface area contributed by atoms with Gasteiger partial charge in [0.2, 0.25) is 0 Å². The molecular formula is C23H32BN3O3Si. The van der Waals surface area contributed by atoms with E-state index in [1.165, 1.54) is 0 Å². The summed E-state index contributed by atoms with van der Waals surface area (Å²) in [5.74, 6) is 0.861. The first-order valence-electron chi connectivity index (χ1n) is 10.9. The van der Waals surface area contributed by atoms with Crippen LogP contribution in [-0.2, 0) is 20.8 Å². The zero-order valence-corrected chi connectivity index (χ0v) is 20.2. The third-order valence-corrected chi connectivity index (χ3v) is 7.12. The van der Waals surface area contributed by atoms with Crippen molar-refractivity contribution in [2.75, 3.05) is 19.8 Å². The number of ether oxygens (including phenoxy) is 1. The van der Waals surface area contributed by atoms with Gasteiger partial charge in [0, 0.05) is 45.1 Å². The molecule has 0 unspecified atom stereocenters. The maximum atomic E-state index is 6.04. The zero-order chi connectivity index (χ0) is 22.1. The zero-order valence-electron chi connectivity index (χ0n) is 19.2. The van der Waals surface area contributed by atoms with E-state index < -0.39 is 8.07 Å². The number of fused-ring (bicyclic) bond motifs is 1. The van der Waals surface area contributed by atoms with Crippen molar-refractivity contribution in [2.24, 2.45) is 5.41 Å². The average Bonchev–Trinajstić information content (AvgIpc) is 3.09. The lowest BCUT2D eigenvalue weighted by molar-refractivity contribution is 0.0343. The summed E-state index contributed by atoms with van der Waals surface area (Å²) in [7, 11) is -1.44. The Kier molecular flexibility index (Phi) is 6.35. The standard InChI is InChI=1S/C23H32BN3O3Si/c1-23(2)15-29-24(30-16-23)19-10-8-18(9-11-19)21-26-20-7-6-12-25-22(20)27(21)17-28-13-14-31(3,4)5/h6-12H,13-17H2,1-5H3. The molecule has 8 heteroatoms. The molecule has 31 heavy (non-hydrogen) atoms. The van der Waals surface area contributed by atoms with Crippen LogP contribution in [0.3, 0.4) is 0 Å². The predicted octanol–water partition coefficient (Wildman–Crippen LogP) is 4.18. The second kappa shape index (κ2) is 8.86. The van der Waals surface area contributed by atoms with E-state index in [0.29, 0.717) is 19.9 Å². The molecule has 1 saturated heterocycles. The molecule has 0 radical (unpaired) electrons. The van der Waals surface area contributed by atoms with Crippen molar-refractivity contribution in [3.05, 3.63) is 42.6 Å². The van der Waals surface area contributed by atoms with Crippen LogP contribution in [0.5, 0.6) is 0 Å². The molecule has 0 atom stereocenters. The van der Waals surface area contributed by atoms with Gasteiger partial charge in [0.05, 0.1) is 0 Å². The third-order valence-electron chi connectivity index (χ3n) is 5.41. The van der Waals surface area contributed by atoms with Gasteiger partial charge >= 0.3 is 7.12 Å². The molecule has 1 aliphatic heterocycles. The molecule has 164 valence electrons. The van der Waals surface area contributed by atoms with Gasteiger partial charge in [-0.25, -0.2) is 9.97 Å². The Morgan fingerprint density at radius 3 is 2.48 bits per heavy atom. The molecular weight excluding hydrogens is 405 g/mol. The lowest BCUT2D eigenvalue weighted by Gasteiger charge is -2.33. The van der Waals surface area contributed by atoms with Crippen molar-refractivity contribution in [2.45, 2.75) is 46.3 Å². The van der Waals surface area contributed by atoms with Crippen LogP contribution < -0.4 is 5.46 Å². The van der Waals surface area contributed by atoms with Crippen LogP contribution in [0.1, 0.15) is 13.8 Å². The molecule has 0 spiro atoms. The van der Waals surface area contributed by atoms with E-state index in [-0.39, 0.29) is 12.5 Å². The van der Waals surface area contributed by atoms with E-state index in [2.05, 4.69) is 67.3 Å². The highest BCUT2D eigenvalue weighted by atomic mass is 28.3. The van der Waals surface area contributed by atoms with Crippen LogP contribution in [0.25, 0.3) is 22.6 Å². The summed E-state index contributed by atoms with van der Waals surface area (Å²) in [6, 6.07) is 13.3. The maximum absolute atomic E-state index is 6.04. The number of hydrogen-bond acceptors (Lipinski definition) is 5. The predicted molar refractivity (Wildman–Crippen MR) is 128 cm³/mol. The number of nitrogens with zero attached hydrogens (tertiary/aromatic N) is 3. The number of imidazole rings is 1. The molecule has 1 aromatic carbocycles. The fraction of sp³-hybridized carbons (Fsp3) is 0.478. The number of benzene rings is 1. The molecule has 0 N–H and O–H groups in total. The summed E-state index contributed by atoms with van der Waals surface area (Å²) >= 11 is 0. The number of hydrogen-bond donors (Lipinski definition) is 0. The van der Waals surface area contributed by atoms with E-state index in [4.69, 9.17) is 19.0 Å². The molecule has 0 aliphatic carbocycles. The first-order chi connectivity index (χ1) is 14.7. The van der Waals surface area contributed by atoms with Gasteiger partial charge in [-0.15, -0.1) is 0 Å². The van der Waals surface area contributed by atoms with Crippen molar-refractivity contribution in [1.82, 2.24) is 14.5 Å². The van der Waals surface area contributed by atoms with Gasteiger partial charge in [0.15, 0.2) is 5.65 Å². The minimum atomic E-state index is -1.13. The van der Waals surface area contributed by atoms with Gasteiger partial charge in [-0.3, -0.25) is 4.57 Å². The normalized spacial score (nSPS) is 16.7. The van der Waals surface area contributed by atoms with Gasteiger partial charge in [0.25, 0.3) is 0 Å². The summed E-state index contributed by atoms with van der Waals surface area (Å²) in [5, 5.41) is 0. The van der Waals surface area contributed by atoms with Gasteiger partial charge in [-0.05, 0) is 23.6 Å². The lowest BCUT2D eigenvalue weighted by atomic mass is 9.75. The van der Waals surface area contributed by atoms with Crippen LogP contribution in [0.15, 0.2) is 42.6 Å². The van der Waals surface area contributed by atoms with Crippen LogP contribution in [0.4, 0.5) is 0 Å². The van der Waals surface area contributed by atoms with E-state index in [1.54, 1.807) is 6.20 Å². The Bertz CT molecular complexity index is 1020. The molecule has 3 aromatic rings. The lowest BCUT2D eigenvalue weighted by Crippen LogP contribution is -2.47. The Hall–Kier alpha value is -2.00. The molecule has 2 aromatic heterocycles.